The Morgan fingerprint density at radius 1 is 2.00 bits per heavy atom. The van der Waals surface area contributed by atoms with Crippen molar-refractivity contribution in [2.75, 3.05) is 0 Å². The number of hydrogen-bond donors (Lipinski definition) is 1. The molecule has 0 aromatic carbocycles. The van der Waals surface area contributed by atoms with E-state index in [9.17, 15) is 5.11 Å². The monoisotopic (exact) mass is 110 g/mol. The first-order valence-electron chi connectivity index (χ1n) is 6.59. The fraction of sp³-hybridized carbons (Fsp3) is 0.667. The van der Waals surface area contributed by atoms with Crippen molar-refractivity contribution in [3.05, 3.63) is 11.6 Å². The molecule has 42 valence electrons. The van der Waals surface area contributed by atoms with Gasteiger partial charge in [0.25, 0.3) is 0 Å². The quantitative estimate of drug-likeness (QED) is 0.505. The first-order valence-corrected chi connectivity index (χ1v) is 1.59. The molecule has 1 unspecified atom stereocenters. The van der Waals surface area contributed by atoms with E-state index < -0.39 is 38.3 Å². The summed E-state index contributed by atoms with van der Waals surface area (Å²) in [7, 11) is 0. The van der Waals surface area contributed by atoms with Crippen molar-refractivity contribution in [1.82, 2.24) is 0 Å². The molecule has 0 heterocycles. The molecule has 0 saturated carbocycles. The molecule has 0 radical (unpaired) electrons. The summed E-state index contributed by atoms with van der Waals surface area (Å²) >= 11 is 0. The van der Waals surface area contributed by atoms with Crippen molar-refractivity contribution in [2.45, 2.75) is 26.7 Å². The molecule has 0 aromatic rings. The maximum absolute atomic E-state index is 9.24. The van der Waals surface area contributed by atoms with Crippen LogP contribution in [0.5, 0.6) is 0 Å². The Kier molecular flexibility index (Phi) is 0.354. The maximum atomic E-state index is 9.24. The number of rotatable bonds is 1. The minimum atomic E-state index is -3.16. The van der Waals surface area contributed by atoms with Gasteiger partial charge in [0.15, 0.2) is 0 Å². The molecule has 0 amide bonds. The van der Waals surface area contributed by atoms with Crippen LogP contribution in [0.3, 0.4) is 0 Å². The summed E-state index contributed by atoms with van der Waals surface area (Å²) in [5.41, 5.74) is -1.33. The molecule has 1 N–H and O–H groups in total. The van der Waals surface area contributed by atoms with Crippen LogP contribution in [0.25, 0.3) is 0 Å². The van der Waals surface area contributed by atoms with Gasteiger partial charge in [0.2, 0.25) is 0 Å². The third-order valence-electron chi connectivity index (χ3n) is 0.281. The smallest absolute Gasteiger partial charge is 0.0695 e. The van der Waals surface area contributed by atoms with Gasteiger partial charge in [-0.05, 0) is 20.6 Å². The first-order chi connectivity index (χ1) is 7.19. The molecule has 1 nitrogen and oxygen atoms in total. The first kappa shape index (κ1) is 0.883. The van der Waals surface area contributed by atoms with Gasteiger partial charge in [0, 0.05) is 12.3 Å². The van der Waals surface area contributed by atoms with Crippen LogP contribution in [0.15, 0.2) is 11.6 Å². The second kappa shape index (κ2) is 2.80. The Morgan fingerprint density at radius 2 is 2.71 bits per heavy atom. The largest absolute Gasteiger partial charge is 0.389 e. The van der Waals surface area contributed by atoms with E-state index in [1.54, 1.807) is 0 Å². The number of aliphatic hydroxyl groups excluding tert-OH is 1. The van der Waals surface area contributed by atoms with Gasteiger partial charge < -0.3 is 5.11 Å². The van der Waals surface area contributed by atoms with E-state index in [1.165, 1.54) is 0 Å². The van der Waals surface area contributed by atoms with E-state index >= 15 is 0 Å². The van der Waals surface area contributed by atoms with Crippen molar-refractivity contribution < 1.29 is 18.8 Å². The molecule has 0 fully saturated rings. The minimum absolute atomic E-state index is 1.30. The van der Waals surface area contributed by atoms with Crippen molar-refractivity contribution in [1.29, 1.82) is 0 Å². The molecule has 0 bridgehead atoms. The van der Waals surface area contributed by atoms with Gasteiger partial charge in [-0.15, -0.1) is 0 Å². The second-order valence-electron chi connectivity index (χ2n) is 0.922. The summed E-state index contributed by atoms with van der Waals surface area (Å²) in [5.74, 6) is 0. The van der Waals surface area contributed by atoms with E-state index in [-0.39, 0.29) is 0 Å². The topological polar surface area (TPSA) is 20.2 Å². The second-order valence-corrected chi connectivity index (χ2v) is 0.922. The molecular weight excluding hydrogens is 88.1 g/mol. The SMILES string of the molecule is [2H]C(=C(C([2H])([2H])[2H])C([2H])([2H])[2H])C(O)C([2H])([2H])[2H]. The third-order valence-corrected chi connectivity index (χ3v) is 0.281. The van der Waals surface area contributed by atoms with Gasteiger partial charge in [-0.1, -0.05) is 11.6 Å². The third kappa shape index (κ3) is 5.70. The molecule has 0 saturated heterocycles. The Bertz CT molecular complexity index is 288. The highest BCUT2D eigenvalue weighted by Gasteiger charge is 1.83. The molecule has 0 aromatic heterocycles. The summed E-state index contributed by atoms with van der Waals surface area (Å²) in [6.45, 7) is -9.36. The molecule has 0 aliphatic rings. The van der Waals surface area contributed by atoms with E-state index in [0.717, 1.165) is 0 Å². The molecule has 1 heteroatoms. The van der Waals surface area contributed by atoms with Crippen molar-refractivity contribution in [3.8, 4) is 0 Å². The molecule has 0 aliphatic carbocycles. The Balaban J connectivity index is 5.75. The Morgan fingerprint density at radius 3 is 3.14 bits per heavy atom. The van der Waals surface area contributed by atoms with Crippen molar-refractivity contribution in [3.63, 3.8) is 0 Å². The van der Waals surface area contributed by atoms with E-state index in [2.05, 4.69) is 0 Å². The zero-order chi connectivity index (χ0) is 14.2. The average Bonchev–Trinajstić information content (AvgIpc) is 1.94. The molecular formula is C6H12O. The van der Waals surface area contributed by atoms with Gasteiger partial charge in [0.05, 0.1) is 7.47 Å². The Hall–Kier alpha value is -0.300. The van der Waals surface area contributed by atoms with Gasteiger partial charge in [-0.2, -0.15) is 0 Å². The number of hydrogen-bond acceptors (Lipinski definition) is 1. The summed E-state index contributed by atoms with van der Waals surface area (Å²) in [6.07, 6.45) is -2.43. The zero-order valence-electron chi connectivity index (χ0n) is 13.5. The van der Waals surface area contributed by atoms with Gasteiger partial charge >= 0.3 is 0 Å². The van der Waals surface area contributed by atoms with Crippen LogP contribution >= 0.6 is 0 Å². The van der Waals surface area contributed by atoms with E-state index in [0.29, 0.717) is 0 Å². The highest BCUT2D eigenvalue weighted by atomic mass is 16.3. The lowest BCUT2D eigenvalue weighted by molar-refractivity contribution is 0.243. The van der Waals surface area contributed by atoms with Crippen LogP contribution in [0.4, 0.5) is 0 Å². The lowest BCUT2D eigenvalue weighted by Crippen LogP contribution is -1.92. The van der Waals surface area contributed by atoms with Gasteiger partial charge in [0.1, 0.15) is 0 Å². The zero-order valence-corrected chi connectivity index (χ0v) is 3.52. The van der Waals surface area contributed by atoms with Crippen LogP contribution in [0.2, 0.25) is 0 Å². The van der Waals surface area contributed by atoms with Crippen LogP contribution in [0, 0.1) is 0 Å². The minimum Gasteiger partial charge on any atom is -0.389 e. The van der Waals surface area contributed by atoms with E-state index in [1.807, 2.05) is 0 Å². The van der Waals surface area contributed by atoms with Crippen LogP contribution in [0.1, 0.15) is 34.3 Å². The summed E-state index contributed by atoms with van der Waals surface area (Å²) < 4.78 is 69.6. The summed E-state index contributed by atoms with van der Waals surface area (Å²) in [5, 5.41) is 9.24. The predicted octanol–water partition coefficient (Wildman–Crippen LogP) is 1.33. The lowest BCUT2D eigenvalue weighted by Gasteiger charge is -1.92. The highest BCUT2D eigenvalue weighted by molar-refractivity contribution is 4.95. The summed E-state index contributed by atoms with van der Waals surface area (Å²) in [4.78, 5) is 0. The van der Waals surface area contributed by atoms with Gasteiger partial charge in [-0.25, -0.2) is 0 Å². The average molecular weight is 110 g/mol. The normalized spacial score (nSPS) is 39.6. The number of aliphatic hydroxyl groups is 1. The Labute approximate surface area is 58.7 Å². The van der Waals surface area contributed by atoms with Crippen molar-refractivity contribution >= 4 is 0 Å². The molecule has 0 aliphatic heterocycles. The molecule has 7 heavy (non-hydrogen) atoms. The maximum Gasteiger partial charge on any atom is 0.0695 e. The van der Waals surface area contributed by atoms with Crippen LogP contribution in [-0.4, -0.2) is 11.2 Å². The molecule has 1 atom stereocenters. The van der Waals surface area contributed by atoms with E-state index in [4.69, 9.17) is 13.7 Å². The lowest BCUT2D eigenvalue weighted by atomic mass is 10.2. The van der Waals surface area contributed by atoms with Crippen molar-refractivity contribution in [2.24, 2.45) is 0 Å². The van der Waals surface area contributed by atoms with Gasteiger partial charge in [-0.3, -0.25) is 0 Å². The highest BCUT2D eigenvalue weighted by Crippen LogP contribution is 1.90. The number of allylic oxidation sites excluding steroid dienone is 1. The standard InChI is InChI=1S/C6H12O/c1-5(2)4-6(3)7/h4,6-7H,1-3H3/i1D3,2D3,3D3,4D. The fourth-order valence-electron chi connectivity index (χ4n) is 0.137. The van der Waals surface area contributed by atoms with Crippen LogP contribution in [-0.2, 0) is 0 Å². The molecule has 0 spiro atoms. The fourth-order valence-corrected chi connectivity index (χ4v) is 0.137. The predicted molar refractivity (Wildman–Crippen MR) is 31.1 cm³/mol. The molecule has 0 rings (SSSR count). The summed E-state index contributed by atoms with van der Waals surface area (Å²) in [6, 6.07) is -1.30. The van der Waals surface area contributed by atoms with Crippen LogP contribution < -0.4 is 0 Å².